The first-order valence-electron chi connectivity index (χ1n) is 9.82. The number of benzene rings is 3. The molecule has 4 rings (SSSR count). The molecule has 0 bridgehead atoms. The smallest absolute Gasteiger partial charge is 0.234 e. The van der Waals surface area contributed by atoms with Crippen LogP contribution in [0.4, 0.5) is 5.69 Å². The molecule has 0 spiro atoms. The number of fused-ring (bicyclic) bond motifs is 1. The summed E-state index contributed by atoms with van der Waals surface area (Å²) in [5, 5.41) is 3.72. The second kappa shape index (κ2) is 9.57. The van der Waals surface area contributed by atoms with Gasteiger partial charge < -0.3 is 19.4 Å². The number of imidazole rings is 1. The van der Waals surface area contributed by atoms with Gasteiger partial charge >= 0.3 is 0 Å². The zero-order valence-corrected chi connectivity index (χ0v) is 18.2. The number of aromatic nitrogens is 2. The Morgan fingerprint density at radius 2 is 1.71 bits per heavy atom. The molecule has 0 fully saturated rings. The van der Waals surface area contributed by atoms with Crippen LogP contribution in [0.3, 0.4) is 0 Å². The number of rotatable bonds is 8. The van der Waals surface area contributed by atoms with E-state index in [-0.39, 0.29) is 11.7 Å². The fourth-order valence-corrected chi connectivity index (χ4v) is 4.14. The minimum Gasteiger partial charge on any atom is -0.493 e. The second-order valence-corrected chi connectivity index (χ2v) is 7.80. The Balaban J connectivity index is 1.50. The topological polar surface area (TPSA) is 65.4 Å². The largest absolute Gasteiger partial charge is 0.493 e. The van der Waals surface area contributed by atoms with Gasteiger partial charge in [0.2, 0.25) is 5.91 Å². The van der Waals surface area contributed by atoms with Crippen molar-refractivity contribution in [3.05, 3.63) is 78.4 Å². The summed E-state index contributed by atoms with van der Waals surface area (Å²) in [7, 11) is 3.14. The molecule has 0 saturated carbocycles. The Morgan fingerprint density at radius 1 is 0.968 bits per heavy atom. The van der Waals surface area contributed by atoms with Gasteiger partial charge in [-0.1, -0.05) is 54.2 Å². The molecule has 0 unspecified atom stereocenters. The number of carbonyl (C=O) groups excluding carboxylic acids is 1. The van der Waals surface area contributed by atoms with Crippen molar-refractivity contribution in [1.29, 1.82) is 0 Å². The summed E-state index contributed by atoms with van der Waals surface area (Å²) < 4.78 is 12.7. The van der Waals surface area contributed by atoms with Crippen molar-refractivity contribution in [2.45, 2.75) is 11.7 Å². The van der Waals surface area contributed by atoms with Crippen molar-refractivity contribution < 1.29 is 14.3 Å². The third kappa shape index (κ3) is 4.83. The summed E-state index contributed by atoms with van der Waals surface area (Å²) in [6.07, 6.45) is 0. The number of para-hydroxylation sites is 2. The number of methoxy groups -OCH3 is 2. The highest BCUT2D eigenvalue weighted by Crippen LogP contribution is 2.30. The molecule has 6 nitrogen and oxygen atoms in total. The molecule has 0 radical (unpaired) electrons. The number of thioether (sulfide) groups is 1. The number of anilines is 1. The van der Waals surface area contributed by atoms with Crippen molar-refractivity contribution in [3.8, 4) is 11.5 Å². The highest BCUT2D eigenvalue weighted by molar-refractivity contribution is 7.99. The maximum Gasteiger partial charge on any atom is 0.234 e. The third-order valence-corrected chi connectivity index (χ3v) is 5.78. The number of hydrogen-bond acceptors (Lipinski definition) is 5. The summed E-state index contributed by atoms with van der Waals surface area (Å²) in [6, 6.07) is 23.6. The lowest BCUT2D eigenvalue weighted by molar-refractivity contribution is -0.113. The predicted octanol–water partition coefficient (Wildman–Crippen LogP) is 4.83. The van der Waals surface area contributed by atoms with Gasteiger partial charge in [-0.15, -0.1) is 0 Å². The van der Waals surface area contributed by atoms with Crippen LogP contribution >= 0.6 is 11.8 Å². The number of hydrogen-bond donors (Lipinski definition) is 1. The Hall–Kier alpha value is -3.45. The number of amides is 1. The van der Waals surface area contributed by atoms with Gasteiger partial charge in [0.25, 0.3) is 0 Å². The van der Waals surface area contributed by atoms with Crippen LogP contribution in [0.15, 0.2) is 78.0 Å². The van der Waals surface area contributed by atoms with E-state index in [1.165, 1.54) is 17.3 Å². The lowest BCUT2D eigenvalue weighted by atomic mass is 10.2. The van der Waals surface area contributed by atoms with Crippen LogP contribution in [0.5, 0.6) is 11.5 Å². The molecular weight excluding hydrogens is 410 g/mol. The van der Waals surface area contributed by atoms with Crippen molar-refractivity contribution in [2.24, 2.45) is 0 Å². The fourth-order valence-electron chi connectivity index (χ4n) is 3.32. The average molecular weight is 434 g/mol. The SMILES string of the molecule is COc1ccc(NC(=O)CSc2nc3ccccc3n2Cc2ccccc2)cc1OC. The molecule has 7 heteroatoms. The van der Waals surface area contributed by atoms with Gasteiger partial charge in [-0.3, -0.25) is 4.79 Å². The molecule has 0 aliphatic heterocycles. The first kappa shape index (κ1) is 20.8. The highest BCUT2D eigenvalue weighted by atomic mass is 32.2. The van der Waals surface area contributed by atoms with E-state index >= 15 is 0 Å². The van der Waals surface area contributed by atoms with Crippen LogP contribution in [0, 0.1) is 0 Å². The molecule has 31 heavy (non-hydrogen) atoms. The molecule has 0 saturated heterocycles. The summed E-state index contributed by atoms with van der Waals surface area (Å²) in [5.41, 5.74) is 3.80. The molecule has 1 heterocycles. The van der Waals surface area contributed by atoms with Gasteiger partial charge in [-0.2, -0.15) is 0 Å². The Kier molecular flexibility index (Phi) is 6.43. The Labute approximate surface area is 185 Å². The molecule has 3 aromatic carbocycles. The number of carbonyl (C=O) groups is 1. The minimum absolute atomic E-state index is 0.115. The Morgan fingerprint density at radius 3 is 2.48 bits per heavy atom. The fraction of sp³-hybridized carbons (Fsp3) is 0.167. The molecule has 1 amide bonds. The van der Waals surface area contributed by atoms with Crippen LogP contribution < -0.4 is 14.8 Å². The first-order chi connectivity index (χ1) is 15.2. The van der Waals surface area contributed by atoms with Crippen molar-refractivity contribution >= 4 is 34.4 Å². The van der Waals surface area contributed by atoms with E-state index in [1.807, 2.05) is 36.4 Å². The van der Waals surface area contributed by atoms with Crippen LogP contribution in [0.25, 0.3) is 11.0 Å². The van der Waals surface area contributed by atoms with Crippen molar-refractivity contribution in [2.75, 3.05) is 25.3 Å². The Bertz CT molecular complexity index is 1190. The summed E-state index contributed by atoms with van der Waals surface area (Å²) >= 11 is 1.42. The molecule has 1 aromatic heterocycles. The molecular formula is C24H23N3O3S. The van der Waals surface area contributed by atoms with E-state index in [1.54, 1.807) is 32.4 Å². The summed E-state index contributed by atoms with van der Waals surface area (Å²) in [4.78, 5) is 17.3. The van der Waals surface area contributed by atoms with E-state index in [2.05, 4.69) is 28.1 Å². The van der Waals surface area contributed by atoms with Crippen LogP contribution in [0.1, 0.15) is 5.56 Å². The molecule has 0 aliphatic carbocycles. The lowest BCUT2D eigenvalue weighted by Gasteiger charge is -2.11. The predicted molar refractivity (Wildman–Crippen MR) is 124 cm³/mol. The quantitative estimate of drug-likeness (QED) is 0.403. The normalized spacial score (nSPS) is 10.8. The summed E-state index contributed by atoms with van der Waals surface area (Å²) in [5.74, 6) is 1.31. The minimum atomic E-state index is -0.115. The summed E-state index contributed by atoms with van der Waals surface area (Å²) in [6.45, 7) is 0.695. The van der Waals surface area contributed by atoms with Crippen LogP contribution in [0.2, 0.25) is 0 Å². The van der Waals surface area contributed by atoms with Gasteiger partial charge in [0, 0.05) is 11.8 Å². The maximum atomic E-state index is 12.6. The zero-order valence-electron chi connectivity index (χ0n) is 17.4. The van der Waals surface area contributed by atoms with Crippen LogP contribution in [-0.4, -0.2) is 35.4 Å². The lowest BCUT2D eigenvalue weighted by Crippen LogP contribution is -2.15. The zero-order chi connectivity index (χ0) is 21.6. The maximum absolute atomic E-state index is 12.6. The first-order valence-corrected chi connectivity index (χ1v) is 10.8. The van der Waals surface area contributed by atoms with Crippen molar-refractivity contribution in [1.82, 2.24) is 9.55 Å². The van der Waals surface area contributed by atoms with E-state index in [9.17, 15) is 4.79 Å². The molecule has 0 atom stereocenters. The van der Waals surface area contributed by atoms with Gasteiger partial charge in [-0.25, -0.2) is 4.98 Å². The van der Waals surface area contributed by atoms with Gasteiger partial charge in [0.05, 0.1) is 37.6 Å². The molecule has 158 valence electrons. The third-order valence-electron chi connectivity index (χ3n) is 4.80. The van der Waals surface area contributed by atoms with E-state index in [0.29, 0.717) is 23.7 Å². The van der Waals surface area contributed by atoms with Gasteiger partial charge in [0.1, 0.15) is 0 Å². The average Bonchev–Trinajstić information content (AvgIpc) is 3.15. The van der Waals surface area contributed by atoms with E-state index in [4.69, 9.17) is 14.5 Å². The van der Waals surface area contributed by atoms with Crippen molar-refractivity contribution in [3.63, 3.8) is 0 Å². The molecule has 4 aromatic rings. The molecule has 0 aliphatic rings. The molecule has 1 N–H and O–H groups in total. The standard InChI is InChI=1S/C24H23N3O3S/c1-29-21-13-12-18(14-22(21)30-2)25-23(28)16-31-24-26-19-10-6-7-11-20(19)27(24)15-17-8-4-3-5-9-17/h3-14H,15-16H2,1-2H3,(H,25,28). The second-order valence-electron chi connectivity index (χ2n) is 6.86. The van der Waals surface area contributed by atoms with E-state index in [0.717, 1.165) is 16.2 Å². The number of nitrogens with one attached hydrogen (secondary N) is 1. The number of ether oxygens (including phenoxy) is 2. The monoisotopic (exact) mass is 433 g/mol. The van der Waals surface area contributed by atoms with Crippen LogP contribution in [-0.2, 0) is 11.3 Å². The highest BCUT2D eigenvalue weighted by Gasteiger charge is 2.14. The van der Waals surface area contributed by atoms with Gasteiger partial charge in [0.15, 0.2) is 16.7 Å². The van der Waals surface area contributed by atoms with E-state index < -0.39 is 0 Å². The number of nitrogens with zero attached hydrogens (tertiary/aromatic N) is 2. The van der Waals surface area contributed by atoms with Gasteiger partial charge in [-0.05, 0) is 29.8 Å².